The Kier molecular flexibility index (Phi) is 4.70. The Morgan fingerprint density at radius 3 is 2.06 bits per heavy atom. The first kappa shape index (κ1) is 13.7. The van der Waals surface area contributed by atoms with Crippen LogP contribution in [-0.2, 0) is 4.79 Å². The quantitative estimate of drug-likeness (QED) is 0.841. The molecule has 1 amide bonds. The number of nitrogens with two attached hydrogens (primary N) is 1. The predicted molar refractivity (Wildman–Crippen MR) is 72.0 cm³/mol. The molecule has 0 unspecified atom stereocenters. The molecular formula is C14H22N2O. The summed E-state index contributed by atoms with van der Waals surface area (Å²) in [7, 11) is 0. The Morgan fingerprint density at radius 2 is 1.65 bits per heavy atom. The van der Waals surface area contributed by atoms with Crippen LogP contribution in [0.15, 0.2) is 24.3 Å². The average molecular weight is 234 g/mol. The molecule has 17 heavy (non-hydrogen) atoms. The molecule has 0 fully saturated rings. The van der Waals surface area contributed by atoms with Crippen molar-refractivity contribution in [2.75, 3.05) is 5.32 Å². The number of benzene rings is 1. The van der Waals surface area contributed by atoms with Crippen molar-refractivity contribution in [1.82, 2.24) is 0 Å². The number of nitrogens with one attached hydrogen (secondary N) is 1. The van der Waals surface area contributed by atoms with E-state index in [1.54, 1.807) is 0 Å². The monoisotopic (exact) mass is 234 g/mol. The molecule has 0 aliphatic heterocycles. The molecule has 0 spiro atoms. The van der Waals surface area contributed by atoms with Gasteiger partial charge in [0.05, 0.1) is 6.04 Å². The van der Waals surface area contributed by atoms with E-state index in [4.69, 9.17) is 5.73 Å². The molecule has 0 aliphatic rings. The average Bonchev–Trinajstić information content (AvgIpc) is 2.28. The van der Waals surface area contributed by atoms with E-state index in [-0.39, 0.29) is 11.8 Å². The van der Waals surface area contributed by atoms with Crippen LogP contribution in [0.25, 0.3) is 0 Å². The predicted octanol–water partition coefficient (Wildman–Crippen LogP) is 2.73. The van der Waals surface area contributed by atoms with Crippen molar-refractivity contribution in [2.45, 2.75) is 39.7 Å². The fourth-order valence-corrected chi connectivity index (χ4v) is 1.48. The smallest absolute Gasteiger partial charge is 0.241 e. The van der Waals surface area contributed by atoms with Gasteiger partial charge in [0.1, 0.15) is 0 Å². The summed E-state index contributed by atoms with van der Waals surface area (Å²) < 4.78 is 0. The lowest BCUT2D eigenvalue weighted by Gasteiger charge is -2.15. The van der Waals surface area contributed by atoms with Crippen molar-refractivity contribution < 1.29 is 4.79 Å². The zero-order valence-electron chi connectivity index (χ0n) is 11.0. The molecule has 0 radical (unpaired) electrons. The molecule has 3 N–H and O–H groups in total. The van der Waals surface area contributed by atoms with Gasteiger partial charge in [0.15, 0.2) is 0 Å². The molecule has 0 saturated carbocycles. The van der Waals surface area contributed by atoms with E-state index in [1.165, 1.54) is 5.56 Å². The number of hydrogen-bond acceptors (Lipinski definition) is 2. The summed E-state index contributed by atoms with van der Waals surface area (Å²) in [6.07, 6.45) is 0. The van der Waals surface area contributed by atoms with Crippen LogP contribution < -0.4 is 11.1 Å². The van der Waals surface area contributed by atoms with Gasteiger partial charge in [-0.2, -0.15) is 0 Å². The van der Waals surface area contributed by atoms with Crippen LogP contribution >= 0.6 is 0 Å². The van der Waals surface area contributed by atoms with Crippen molar-refractivity contribution in [1.29, 1.82) is 0 Å². The zero-order chi connectivity index (χ0) is 13.0. The molecule has 1 aromatic carbocycles. The van der Waals surface area contributed by atoms with E-state index in [9.17, 15) is 4.79 Å². The molecular weight excluding hydrogens is 212 g/mol. The van der Waals surface area contributed by atoms with Gasteiger partial charge in [0, 0.05) is 5.69 Å². The van der Waals surface area contributed by atoms with Crippen molar-refractivity contribution in [2.24, 2.45) is 11.7 Å². The van der Waals surface area contributed by atoms with Crippen LogP contribution in [0, 0.1) is 5.92 Å². The first-order valence-electron chi connectivity index (χ1n) is 6.08. The lowest BCUT2D eigenvalue weighted by molar-refractivity contribution is -0.118. The third-order valence-corrected chi connectivity index (χ3v) is 2.87. The van der Waals surface area contributed by atoms with Gasteiger partial charge in [-0.1, -0.05) is 39.8 Å². The number of hydrogen-bond donors (Lipinski definition) is 2. The molecule has 0 aliphatic carbocycles. The van der Waals surface area contributed by atoms with Gasteiger partial charge < -0.3 is 11.1 Å². The number of anilines is 1. The van der Waals surface area contributed by atoms with Crippen molar-refractivity contribution in [3.05, 3.63) is 29.8 Å². The van der Waals surface area contributed by atoms with E-state index in [0.29, 0.717) is 5.92 Å². The van der Waals surface area contributed by atoms with Gasteiger partial charge in [-0.05, 0) is 29.5 Å². The van der Waals surface area contributed by atoms with Gasteiger partial charge in [-0.25, -0.2) is 0 Å². The Labute approximate surface area is 103 Å². The highest BCUT2D eigenvalue weighted by atomic mass is 16.2. The van der Waals surface area contributed by atoms with Gasteiger partial charge in [0.2, 0.25) is 5.91 Å². The minimum Gasteiger partial charge on any atom is -0.325 e. The first-order chi connectivity index (χ1) is 7.91. The fourth-order valence-electron chi connectivity index (χ4n) is 1.48. The van der Waals surface area contributed by atoms with E-state index < -0.39 is 6.04 Å². The Balaban J connectivity index is 2.66. The van der Waals surface area contributed by atoms with Crippen molar-refractivity contribution in [3.63, 3.8) is 0 Å². The molecule has 1 aromatic rings. The summed E-state index contributed by atoms with van der Waals surface area (Å²) in [4.78, 5) is 11.7. The molecule has 3 nitrogen and oxygen atoms in total. The first-order valence-corrected chi connectivity index (χ1v) is 6.08. The molecule has 1 atom stereocenters. The maximum Gasteiger partial charge on any atom is 0.241 e. The molecule has 0 bridgehead atoms. The lowest BCUT2D eigenvalue weighted by atomic mass is 10.0. The summed E-state index contributed by atoms with van der Waals surface area (Å²) in [6.45, 7) is 8.16. The summed E-state index contributed by atoms with van der Waals surface area (Å²) in [5, 5.41) is 2.83. The maximum absolute atomic E-state index is 11.7. The lowest BCUT2D eigenvalue weighted by Crippen LogP contribution is -2.39. The summed E-state index contributed by atoms with van der Waals surface area (Å²) in [5.41, 5.74) is 7.84. The summed E-state index contributed by atoms with van der Waals surface area (Å²) in [6, 6.07) is 7.43. The number of rotatable bonds is 4. The molecule has 0 saturated heterocycles. The Bertz CT molecular complexity index is 368. The van der Waals surface area contributed by atoms with Gasteiger partial charge >= 0.3 is 0 Å². The third-order valence-electron chi connectivity index (χ3n) is 2.87. The highest BCUT2D eigenvalue weighted by molar-refractivity contribution is 5.94. The van der Waals surface area contributed by atoms with E-state index in [1.807, 2.05) is 38.1 Å². The maximum atomic E-state index is 11.7. The SMILES string of the molecule is CC(C)c1ccc(NC(=O)[C@H](N)C(C)C)cc1. The second kappa shape index (κ2) is 5.82. The normalized spacial score (nSPS) is 12.9. The van der Waals surface area contributed by atoms with Crippen molar-refractivity contribution >= 4 is 11.6 Å². The summed E-state index contributed by atoms with van der Waals surface area (Å²) >= 11 is 0. The van der Waals surface area contributed by atoms with Crippen LogP contribution in [0.1, 0.15) is 39.2 Å². The Hall–Kier alpha value is -1.35. The van der Waals surface area contributed by atoms with Gasteiger partial charge in [-0.15, -0.1) is 0 Å². The summed E-state index contributed by atoms with van der Waals surface area (Å²) in [5.74, 6) is 0.514. The highest BCUT2D eigenvalue weighted by Crippen LogP contribution is 2.17. The van der Waals surface area contributed by atoms with Crippen LogP contribution in [0.5, 0.6) is 0 Å². The number of amides is 1. The number of carbonyl (C=O) groups is 1. The minimum absolute atomic E-state index is 0.128. The molecule has 1 rings (SSSR count). The minimum atomic E-state index is -0.459. The van der Waals surface area contributed by atoms with Crippen LogP contribution in [0.2, 0.25) is 0 Å². The van der Waals surface area contributed by atoms with Crippen LogP contribution in [0.3, 0.4) is 0 Å². The molecule has 0 heterocycles. The fraction of sp³-hybridized carbons (Fsp3) is 0.500. The van der Waals surface area contributed by atoms with Gasteiger partial charge in [0.25, 0.3) is 0 Å². The second-order valence-corrected chi connectivity index (χ2v) is 5.04. The van der Waals surface area contributed by atoms with E-state index >= 15 is 0 Å². The zero-order valence-corrected chi connectivity index (χ0v) is 11.0. The third kappa shape index (κ3) is 3.86. The van der Waals surface area contributed by atoms with Crippen molar-refractivity contribution in [3.8, 4) is 0 Å². The Morgan fingerprint density at radius 1 is 1.12 bits per heavy atom. The standard InChI is InChI=1S/C14H22N2O/c1-9(2)11-5-7-12(8-6-11)16-14(17)13(15)10(3)4/h5-10,13H,15H2,1-4H3,(H,16,17)/t13-/m1/s1. The molecule has 94 valence electrons. The molecule has 3 heteroatoms. The number of carbonyl (C=O) groups excluding carboxylic acids is 1. The van der Waals surface area contributed by atoms with E-state index in [0.717, 1.165) is 5.69 Å². The van der Waals surface area contributed by atoms with Crippen LogP contribution in [-0.4, -0.2) is 11.9 Å². The largest absolute Gasteiger partial charge is 0.325 e. The topological polar surface area (TPSA) is 55.1 Å². The highest BCUT2D eigenvalue weighted by Gasteiger charge is 2.16. The van der Waals surface area contributed by atoms with E-state index in [2.05, 4.69) is 19.2 Å². The second-order valence-electron chi connectivity index (χ2n) is 5.04. The molecule has 0 aromatic heterocycles. The van der Waals surface area contributed by atoms with Gasteiger partial charge in [-0.3, -0.25) is 4.79 Å². The van der Waals surface area contributed by atoms with Crippen LogP contribution in [0.4, 0.5) is 5.69 Å².